The van der Waals surface area contributed by atoms with Gasteiger partial charge in [0.15, 0.2) is 19.2 Å². The highest BCUT2D eigenvalue weighted by molar-refractivity contribution is 8.13. The lowest BCUT2D eigenvalue weighted by atomic mass is 9.85. The lowest BCUT2D eigenvalue weighted by Gasteiger charge is -2.44. The fourth-order valence-electron chi connectivity index (χ4n) is 3.60. The van der Waals surface area contributed by atoms with Crippen molar-refractivity contribution in [3.05, 3.63) is 0 Å². The monoisotopic (exact) mass is 562 g/mol. The number of thioether (sulfide) groups is 1. The Hall–Kier alpha value is -0.983. The van der Waals surface area contributed by atoms with Gasteiger partial charge in [-0.3, -0.25) is 14.4 Å². The second-order valence-corrected chi connectivity index (χ2v) is 18.5. The smallest absolute Gasteiger partial charge is 0.249 e. The minimum atomic E-state index is -1.92. The van der Waals surface area contributed by atoms with Gasteiger partial charge in [0.25, 0.3) is 0 Å². The predicted molar refractivity (Wildman–Crippen MR) is 150 cm³/mol. The second kappa shape index (κ2) is 13.9. The molecule has 0 unspecified atom stereocenters. The number of hydrogen-bond donors (Lipinski definition) is 3. The van der Waals surface area contributed by atoms with Crippen LogP contribution in [0.25, 0.3) is 0 Å². The number of nitrogens with one attached hydrogen (secondary N) is 2. The van der Waals surface area contributed by atoms with Gasteiger partial charge in [-0.1, -0.05) is 46.4 Å². The summed E-state index contributed by atoms with van der Waals surface area (Å²) in [6, 6.07) is 0. The van der Waals surface area contributed by atoms with Crippen molar-refractivity contribution in [2.24, 2.45) is 5.41 Å². The van der Waals surface area contributed by atoms with Gasteiger partial charge in [0.1, 0.15) is 6.10 Å². The maximum atomic E-state index is 12.6. The molecule has 1 saturated heterocycles. The summed E-state index contributed by atoms with van der Waals surface area (Å²) in [5.41, 5.74) is -0.477. The van der Waals surface area contributed by atoms with Crippen LogP contribution in [0.4, 0.5) is 0 Å². The molecule has 37 heavy (non-hydrogen) atoms. The number of aliphatic hydroxyl groups is 1. The van der Waals surface area contributed by atoms with Crippen LogP contribution in [0.5, 0.6) is 0 Å². The van der Waals surface area contributed by atoms with Gasteiger partial charge in [0, 0.05) is 43.2 Å². The third-order valence-electron chi connectivity index (χ3n) is 6.79. The molecule has 1 aliphatic heterocycles. The summed E-state index contributed by atoms with van der Waals surface area (Å²) >= 11 is 1.09. The summed E-state index contributed by atoms with van der Waals surface area (Å²) in [6.45, 7) is 21.0. The Morgan fingerprint density at radius 1 is 1.14 bits per heavy atom. The first-order chi connectivity index (χ1) is 16.8. The summed E-state index contributed by atoms with van der Waals surface area (Å²) in [7, 11) is -1.92. The van der Waals surface area contributed by atoms with Crippen molar-refractivity contribution < 1.29 is 33.4 Å². The zero-order chi connectivity index (χ0) is 28.7. The van der Waals surface area contributed by atoms with E-state index in [1.54, 1.807) is 13.8 Å². The van der Waals surface area contributed by atoms with Crippen molar-refractivity contribution in [2.45, 2.75) is 117 Å². The molecule has 1 fully saturated rings. The van der Waals surface area contributed by atoms with E-state index in [-0.39, 0.29) is 47.5 Å². The van der Waals surface area contributed by atoms with E-state index in [9.17, 15) is 19.5 Å². The molecule has 3 N–H and O–H groups in total. The Morgan fingerprint density at radius 2 is 1.76 bits per heavy atom. The number of carbonyl (C=O) groups excluding carboxylic acids is 3. The van der Waals surface area contributed by atoms with Crippen LogP contribution in [0.15, 0.2) is 0 Å². The van der Waals surface area contributed by atoms with Gasteiger partial charge in [-0.15, -0.1) is 0 Å². The first-order valence-corrected chi connectivity index (χ1v) is 17.0. The molecule has 0 aliphatic carbocycles. The van der Waals surface area contributed by atoms with Gasteiger partial charge in [-0.25, -0.2) is 0 Å². The van der Waals surface area contributed by atoms with Crippen molar-refractivity contribution in [3.8, 4) is 0 Å². The molecule has 3 atom stereocenters. The molecule has 9 nitrogen and oxygen atoms in total. The Bertz CT molecular complexity index is 783. The molecule has 0 saturated carbocycles. The molecule has 0 aromatic carbocycles. The number of ether oxygens (including phenoxy) is 2. The van der Waals surface area contributed by atoms with E-state index in [0.29, 0.717) is 25.3 Å². The fourth-order valence-corrected chi connectivity index (χ4v) is 5.80. The van der Waals surface area contributed by atoms with E-state index in [0.717, 1.165) is 11.8 Å². The quantitative estimate of drug-likeness (QED) is 0.230. The number of rotatable bonds is 13. The van der Waals surface area contributed by atoms with E-state index in [2.05, 4.69) is 44.5 Å². The minimum Gasteiger partial charge on any atom is -0.414 e. The van der Waals surface area contributed by atoms with Crippen LogP contribution >= 0.6 is 11.8 Å². The maximum absolute atomic E-state index is 12.6. The summed E-state index contributed by atoms with van der Waals surface area (Å²) in [6.07, 6.45) is -0.954. The van der Waals surface area contributed by atoms with Crippen molar-refractivity contribution in [1.82, 2.24) is 10.6 Å². The van der Waals surface area contributed by atoms with Gasteiger partial charge >= 0.3 is 0 Å². The van der Waals surface area contributed by atoms with E-state index >= 15 is 0 Å². The molecule has 1 heterocycles. The van der Waals surface area contributed by atoms with Crippen LogP contribution in [0.1, 0.15) is 74.7 Å². The molecule has 0 aromatic rings. The standard InChI is InChI=1S/C26H50N2O7SSi/c1-18(35-37(9,10)24(2,3)4)15-19(29)16-21(31)36-14-13-27-20(30)11-12-28-23(32)22-25(5,6)17-33-26(7,8)34-22/h18-19,22,29H,11-17H2,1-10H3,(H,27,30)(H,28,32)/t18-,19+,22-/m0/s1. The number of amides is 2. The van der Waals surface area contributed by atoms with E-state index < -0.39 is 31.7 Å². The van der Waals surface area contributed by atoms with Gasteiger partial charge in [-0.2, -0.15) is 0 Å². The summed E-state index contributed by atoms with van der Waals surface area (Å²) < 4.78 is 17.7. The molecule has 1 aliphatic rings. The average molecular weight is 563 g/mol. The number of hydrogen-bond acceptors (Lipinski definition) is 8. The van der Waals surface area contributed by atoms with Gasteiger partial charge in [0.2, 0.25) is 11.8 Å². The predicted octanol–water partition coefficient (Wildman–Crippen LogP) is 3.60. The summed E-state index contributed by atoms with van der Waals surface area (Å²) in [5, 5.41) is 15.8. The molecule has 0 aromatic heterocycles. The zero-order valence-corrected chi connectivity index (χ0v) is 26.3. The average Bonchev–Trinajstić information content (AvgIpc) is 2.71. The van der Waals surface area contributed by atoms with Crippen LogP contribution in [0, 0.1) is 5.41 Å². The van der Waals surface area contributed by atoms with Crippen LogP contribution < -0.4 is 10.6 Å². The number of carbonyl (C=O) groups is 3. The first-order valence-electron chi connectivity index (χ1n) is 13.1. The molecule has 0 radical (unpaired) electrons. The molecule has 216 valence electrons. The second-order valence-electron chi connectivity index (χ2n) is 12.6. The fraction of sp³-hybridized carbons (Fsp3) is 0.885. The lowest BCUT2D eigenvalue weighted by molar-refractivity contribution is -0.304. The van der Waals surface area contributed by atoms with E-state index in [4.69, 9.17) is 13.9 Å². The highest BCUT2D eigenvalue weighted by Gasteiger charge is 2.45. The topological polar surface area (TPSA) is 123 Å². The lowest BCUT2D eigenvalue weighted by Crippen LogP contribution is -2.56. The van der Waals surface area contributed by atoms with Crippen LogP contribution in [-0.4, -0.2) is 79.9 Å². The SMILES string of the molecule is C[C@@H](C[C@@H](O)CC(=O)SCCNC(=O)CCNC(=O)[C@@H]1OC(C)(C)OCC1(C)C)O[Si](C)(C)C(C)(C)C. The number of aliphatic hydroxyl groups excluding tert-OH is 1. The Morgan fingerprint density at radius 3 is 2.35 bits per heavy atom. The van der Waals surface area contributed by atoms with Crippen LogP contribution in [0.2, 0.25) is 18.1 Å². The van der Waals surface area contributed by atoms with E-state index in [1.807, 2.05) is 20.8 Å². The first kappa shape index (κ1) is 34.0. The molecule has 1 rings (SSSR count). The van der Waals surface area contributed by atoms with Crippen molar-refractivity contribution in [3.63, 3.8) is 0 Å². The zero-order valence-electron chi connectivity index (χ0n) is 24.5. The molecule has 0 bridgehead atoms. The Labute approximate surface area is 228 Å². The normalized spacial score (nSPS) is 21.1. The third-order valence-corrected chi connectivity index (χ3v) is 12.3. The van der Waals surface area contributed by atoms with Gasteiger partial charge in [0.05, 0.1) is 12.7 Å². The van der Waals surface area contributed by atoms with Crippen molar-refractivity contribution in [2.75, 3.05) is 25.4 Å². The summed E-state index contributed by atoms with van der Waals surface area (Å²) in [4.78, 5) is 36.9. The van der Waals surface area contributed by atoms with Crippen molar-refractivity contribution >= 4 is 37.0 Å². The largest absolute Gasteiger partial charge is 0.414 e. The molecular formula is C26H50N2O7SSi. The maximum Gasteiger partial charge on any atom is 0.249 e. The van der Waals surface area contributed by atoms with Gasteiger partial charge < -0.3 is 29.6 Å². The van der Waals surface area contributed by atoms with Crippen molar-refractivity contribution in [1.29, 1.82) is 0 Å². The van der Waals surface area contributed by atoms with Crippen LogP contribution in [-0.2, 0) is 28.3 Å². The highest BCUT2D eigenvalue weighted by Crippen LogP contribution is 2.38. The molecule has 2 amide bonds. The highest BCUT2D eigenvalue weighted by atomic mass is 32.2. The minimum absolute atomic E-state index is 0.0529. The Balaban J connectivity index is 2.24. The van der Waals surface area contributed by atoms with E-state index in [1.165, 1.54) is 0 Å². The van der Waals surface area contributed by atoms with Crippen LogP contribution in [0.3, 0.4) is 0 Å². The molecular weight excluding hydrogens is 512 g/mol. The Kier molecular flexibility index (Phi) is 12.8. The molecule has 0 spiro atoms. The molecule has 11 heteroatoms. The summed E-state index contributed by atoms with van der Waals surface area (Å²) in [5.74, 6) is -0.897. The van der Waals surface area contributed by atoms with Gasteiger partial charge in [-0.05, 0) is 45.3 Å². The third kappa shape index (κ3) is 12.2.